The van der Waals surface area contributed by atoms with E-state index in [1.165, 1.54) is 12.8 Å². The van der Waals surface area contributed by atoms with E-state index in [1.54, 1.807) is 0 Å². The Labute approximate surface area is 123 Å². The number of carbonyl (C=O) groups is 2. The third kappa shape index (κ3) is 2.80. The van der Waals surface area contributed by atoms with Gasteiger partial charge in [0.2, 0.25) is 5.91 Å². The van der Waals surface area contributed by atoms with E-state index in [-0.39, 0.29) is 5.91 Å². The lowest BCUT2D eigenvalue weighted by Crippen LogP contribution is -2.47. The summed E-state index contributed by atoms with van der Waals surface area (Å²) in [4.78, 5) is 23.9. The van der Waals surface area contributed by atoms with Crippen LogP contribution in [0.1, 0.15) is 62.3 Å². The highest BCUT2D eigenvalue weighted by Crippen LogP contribution is 2.39. The fraction of sp³-hybridized carbons (Fsp3) is 0.667. The molecule has 2 aliphatic rings. The molecule has 0 bridgehead atoms. The fourth-order valence-corrected chi connectivity index (χ4v) is 3.10. The highest BCUT2D eigenvalue weighted by Gasteiger charge is 2.46. The number of aliphatic carboxylic acids is 1. The van der Waals surface area contributed by atoms with Crippen LogP contribution < -0.4 is 5.32 Å². The minimum Gasteiger partial charge on any atom is -0.480 e. The average Bonchev–Trinajstić information content (AvgIpc) is 3.24. The largest absolute Gasteiger partial charge is 0.480 e. The quantitative estimate of drug-likeness (QED) is 0.722. The van der Waals surface area contributed by atoms with Gasteiger partial charge < -0.3 is 10.4 Å². The maximum absolute atomic E-state index is 12.4. The molecular formula is C15H21N3O3. The first-order valence-corrected chi connectivity index (χ1v) is 7.68. The zero-order valence-corrected chi connectivity index (χ0v) is 12.0. The first-order chi connectivity index (χ1) is 10.1. The monoisotopic (exact) mass is 291 g/mol. The smallest absolute Gasteiger partial charge is 0.319 e. The zero-order chi connectivity index (χ0) is 14.9. The topological polar surface area (TPSA) is 95.1 Å². The summed E-state index contributed by atoms with van der Waals surface area (Å²) in [6.45, 7) is 0.313. The lowest BCUT2D eigenvalue weighted by Gasteiger charge is -2.31. The van der Waals surface area contributed by atoms with Crippen molar-refractivity contribution in [2.45, 2.75) is 57.4 Å². The zero-order valence-electron chi connectivity index (χ0n) is 12.0. The van der Waals surface area contributed by atoms with Crippen molar-refractivity contribution in [1.82, 2.24) is 15.5 Å². The van der Waals surface area contributed by atoms with E-state index in [4.69, 9.17) is 0 Å². The van der Waals surface area contributed by atoms with E-state index in [2.05, 4.69) is 15.5 Å². The maximum atomic E-state index is 12.4. The molecule has 1 heterocycles. The summed E-state index contributed by atoms with van der Waals surface area (Å²) in [5.74, 6) is -0.797. The second kappa shape index (κ2) is 5.50. The number of hydrogen-bond donors (Lipinski definition) is 3. The van der Waals surface area contributed by atoms with Gasteiger partial charge in [-0.25, -0.2) is 0 Å². The minimum absolute atomic E-state index is 0.313. The lowest BCUT2D eigenvalue weighted by atomic mass is 9.73. The van der Waals surface area contributed by atoms with Crippen molar-refractivity contribution in [2.24, 2.45) is 5.41 Å². The van der Waals surface area contributed by atoms with Gasteiger partial charge >= 0.3 is 5.97 Å². The van der Waals surface area contributed by atoms with Crippen molar-refractivity contribution in [2.75, 3.05) is 0 Å². The van der Waals surface area contributed by atoms with Crippen LogP contribution in [-0.4, -0.2) is 27.2 Å². The number of rotatable bonds is 5. The van der Waals surface area contributed by atoms with Gasteiger partial charge in [0.05, 0.1) is 17.9 Å². The molecule has 21 heavy (non-hydrogen) atoms. The summed E-state index contributed by atoms with van der Waals surface area (Å²) in [5, 5.41) is 19.4. The molecule has 0 aliphatic heterocycles. The first-order valence-electron chi connectivity index (χ1n) is 7.68. The summed E-state index contributed by atoms with van der Waals surface area (Å²) in [5.41, 5.74) is 0.642. The molecule has 0 radical (unpaired) electrons. The minimum atomic E-state index is -1.24. The van der Waals surface area contributed by atoms with Crippen LogP contribution in [0.15, 0.2) is 6.07 Å². The molecule has 0 saturated heterocycles. The molecule has 114 valence electrons. The van der Waals surface area contributed by atoms with Gasteiger partial charge in [0, 0.05) is 5.92 Å². The SMILES string of the molecule is O=C(O)C1(C(=O)NCc2cc(C3CC3)n[nH]2)CCCCC1. The van der Waals surface area contributed by atoms with Crippen molar-refractivity contribution < 1.29 is 14.7 Å². The summed E-state index contributed by atoms with van der Waals surface area (Å²) < 4.78 is 0. The van der Waals surface area contributed by atoms with E-state index < -0.39 is 11.4 Å². The van der Waals surface area contributed by atoms with Crippen LogP contribution in [0.2, 0.25) is 0 Å². The van der Waals surface area contributed by atoms with E-state index in [0.717, 1.165) is 30.7 Å². The molecule has 1 aromatic heterocycles. The number of H-pyrrole nitrogens is 1. The van der Waals surface area contributed by atoms with Gasteiger partial charge in [-0.05, 0) is 31.7 Å². The second-order valence-electron chi connectivity index (χ2n) is 6.22. The third-order valence-corrected chi connectivity index (χ3v) is 4.64. The molecule has 6 heteroatoms. The summed E-state index contributed by atoms with van der Waals surface area (Å²) in [6, 6.07) is 1.96. The third-order valence-electron chi connectivity index (χ3n) is 4.64. The molecule has 2 saturated carbocycles. The Bertz CT molecular complexity index is 542. The Kier molecular flexibility index (Phi) is 3.69. The number of carbonyl (C=O) groups excluding carboxylic acids is 1. The fourth-order valence-electron chi connectivity index (χ4n) is 3.10. The van der Waals surface area contributed by atoms with Crippen LogP contribution in [0.5, 0.6) is 0 Å². The van der Waals surface area contributed by atoms with Crippen molar-refractivity contribution >= 4 is 11.9 Å². The Balaban J connectivity index is 1.62. The Morgan fingerprint density at radius 1 is 1.33 bits per heavy atom. The number of aromatic nitrogens is 2. The standard InChI is InChI=1S/C15H21N3O3/c19-13(15(14(20)21)6-2-1-3-7-15)16-9-11-8-12(18-17-11)10-4-5-10/h8,10H,1-7,9H2,(H,16,19)(H,17,18)(H,20,21). The predicted octanol–water partition coefficient (Wildman–Crippen LogP) is 1.94. The van der Waals surface area contributed by atoms with Crippen molar-refractivity contribution in [3.63, 3.8) is 0 Å². The van der Waals surface area contributed by atoms with Crippen LogP contribution in [-0.2, 0) is 16.1 Å². The van der Waals surface area contributed by atoms with Crippen LogP contribution in [0, 0.1) is 5.41 Å². The number of nitrogens with one attached hydrogen (secondary N) is 2. The number of amides is 1. The highest BCUT2D eigenvalue weighted by atomic mass is 16.4. The Morgan fingerprint density at radius 3 is 2.67 bits per heavy atom. The molecule has 3 N–H and O–H groups in total. The molecule has 3 rings (SSSR count). The summed E-state index contributed by atoms with van der Waals surface area (Å²) in [7, 11) is 0. The van der Waals surface area contributed by atoms with Crippen LogP contribution in [0.3, 0.4) is 0 Å². The van der Waals surface area contributed by atoms with Gasteiger partial charge in [0.25, 0.3) is 0 Å². The van der Waals surface area contributed by atoms with Crippen LogP contribution in [0.4, 0.5) is 0 Å². The number of aromatic amines is 1. The van der Waals surface area contributed by atoms with Gasteiger partial charge in [-0.3, -0.25) is 14.7 Å². The molecule has 0 unspecified atom stereocenters. The second-order valence-corrected chi connectivity index (χ2v) is 6.22. The van der Waals surface area contributed by atoms with E-state index in [0.29, 0.717) is 25.3 Å². The van der Waals surface area contributed by atoms with Crippen molar-refractivity contribution in [3.05, 3.63) is 17.5 Å². The number of carboxylic acid groups (broad SMARTS) is 1. The van der Waals surface area contributed by atoms with E-state index in [9.17, 15) is 14.7 Å². The predicted molar refractivity (Wildman–Crippen MR) is 75.6 cm³/mol. The molecule has 6 nitrogen and oxygen atoms in total. The molecule has 2 fully saturated rings. The maximum Gasteiger partial charge on any atom is 0.319 e. The number of hydrogen-bond acceptors (Lipinski definition) is 3. The molecule has 0 aromatic carbocycles. The van der Waals surface area contributed by atoms with Gasteiger partial charge in [-0.1, -0.05) is 19.3 Å². The molecular weight excluding hydrogens is 270 g/mol. The molecule has 1 amide bonds. The van der Waals surface area contributed by atoms with E-state index in [1.807, 2.05) is 6.07 Å². The van der Waals surface area contributed by atoms with Gasteiger partial charge in [0.15, 0.2) is 0 Å². The van der Waals surface area contributed by atoms with E-state index >= 15 is 0 Å². The number of carboxylic acids is 1. The summed E-state index contributed by atoms with van der Waals surface area (Å²) >= 11 is 0. The molecule has 2 aliphatic carbocycles. The first kappa shape index (κ1) is 14.1. The normalized spacial score (nSPS) is 21.0. The van der Waals surface area contributed by atoms with Gasteiger partial charge in [0.1, 0.15) is 5.41 Å². The molecule has 0 spiro atoms. The molecule has 0 atom stereocenters. The Morgan fingerprint density at radius 2 is 2.05 bits per heavy atom. The van der Waals surface area contributed by atoms with Gasteiger partial charge in [-0.15, -0.1) is 0 Å². The van der Waals surface area contributed by atoms with Gasteiger partial charge in [-0.2, -0.15) is 5.10 Å². The number of nitrogens with zero attached hydrogens (tertiary/aromatic N) is 1. The highest BCUT2D eigenvalue weighted by molar-refractivity contribution is 6.01. The van der Waals surface area contributed by atoms with Crippen LogP contribution in [0.25, 0.3) is 0 Å². The summed E-state index contributed by atoms with van der Waals surface area (Å²) in [6.07, 6.45) is 5.84. The average molecular weight is 291 g/mol. The van der Waals surface area contributed by atoms with Crippen molar-refractivity contribution in [1.29, 1.82) is 0 Å². The lowest BCUT2D eigenvalue weighted by molar-refractivity contribution is -0.158. The molecule has 1 aromatic rings. The van der Waals surface area contributed by atoms with Crippen LogP contribution >= 0.6 is 0 Å². The Hall–Kier alpha value is -1.85. The van der Waals surface area contributed by atoms with Crippen molar-refractivity contribution in [3.8, 4) is 0 Å².